The topological polar surface area (TPSA) is 67.2 Å². The number of hydrogen-bond acceptors (Lipinski definition) is 3. The van der Waals surface area contributed by atoms with Crippen LogP contribution >= 0.6 is 0 Å². The van der Waals surface area contributed by atoms with Gasteiger partial charge in [0.05, 0.1) is 18.3 Å². The highest BCUT2D eigenvalue weighted by Crippen LogP contribution is 2.57. The number of aliphatic hydroxyl groups is 1. The van der Waals surface area contributed by atoms with Gasteiger partial charge in [0.25, 0.3) is 5.91 Å². The number of aromatic nitrogens is 2. The highest BCUT2D eigenvalue weighted by Gasteiger charge is 2.50. The number of nitrogens with one attached hydrogen (secondary N) is 1. The number of benzene rings is 1. The molecule has 4 rings (SSSR count). The molecule has 7 heteroatoms. The Hall–Kier alpha value is -2.28. The number of fused-ring (bicyclic) bond motifs is 3. The van der Waals surface area contributed by atoms with Gasteiger partial charge in [-0.2, -0.15) is 5.10 Å². The number of hydrogen-bond donors (Lipinski definition) is 2. The molecule has 1 fully saturated rings. The van der Waals surface area contributed by atoms with Gasteiger partial charge >= 0.3 is 0 Å². The molecule has 1 amide bonds. The number of carbonyl (C=O) groups is 1. The van der Waals surface area contributed by atoms with E-state index in [1.807, 2.05) is 20.8 Å². The fourth-order valence-electron chi connectivity index (χ4n) is 3.90. The summed E-state index contributed by atoms with van der Waals surface area (Å²) in [5.74, 6) is -0.995. The Kier molecular flexibility index (Phi) is 4.10. The maximum atomic E-state index is 14.3. The Morgan fingerprint density at radius 3 is 2.78 bits per heavy atom. The average molecular weight is 375 g/mol. The monoisotopic (exact) mass is 375 g/mol. The summed E-state index contributed by atoms with van der Waals surface area (Å²) in [5.41, 5.74) is 1.79. The molecule has 0 unspecified atom stereocenters. The van der Waals surface area contributed by atoms with Crippen molar-refractivity contribution in [2.24, 2.45) is 11.3 Å². The summed E-state index contributed by atoms with van der Waals surface area (Å²) in [6.07, 6.45) is 1.74. The lowest BCUT2D eigenvalue weighted by Crippen LogP contribution is -2.46. The van der Waals surface area contributed by atoms with Gasteiger partial charge in [0.1, 0.15) is 11.5 Å². The third-order valence-electron chi connectivity index (χ3n) is 5.65. The van der Waals surface area contributed by atoms with Crippen molar-refractivity contribution < 1.29 is 18.7 Å². The zero-order chi connectivity index (χ0) is 19.5. The minimum absolute atomic E-state index is 0.147. The van der Waals surface area contributed by atoms with Crippen molar-refractivity contribution in [3.8, 4) is 5.69 Å². The van der Waals surface area contributed by atoms with Crippen LogP contribution in [0.5, 0.6) is 0 Å². The van der Waals surface area contributed by atoms with Crippen LogP contribution in [0.2, 0.25) is 0 Å². The fourth-order valence-corrected chi connectivity index (χ4v) is 3.90. The lowest BCUT2D eigenvalue weighted by Gasteiger charge is -2.29. The second kappa shape index (κ2) is 6.12. The zero-order valence-electron chi connectivity index (χ0n) is 15.6. The Labute approximate surface area is 156 Å². The maximum Gasteiger partial charge on any atom is 0.272 e. The average Bonchev–Trinajstić information content (AvgIpc) is 3.08. The number of rotatable bonds is 4. The Balaban J connectivity index is 1.73. The van der Waals surface area contributed by atoms with Crippen molar-refractivity contribution in [3.05, 3.63) is 46.8 Å². The lowest BCUT2D eigenvalue weighted by molar-refractivity contribution is 0.0841. The first-order valence-corrected chi connectivity index (χ1v) is 9.19. The molecule has 1 saturated carbocycles. The molecule has 0 bridgehead atoms. The van der Waals surface area contributed by atoms with Gasteiger partial charge in [-0.1, -0.05) is 20.8 Å². The molecular formula is C20H23F2N3O2. The van der Waals surface area contributed by atoms with Crippen LogP contribution in [0, 0.1) is 23.0 Å². The molecular weight excluding hydrogens is 352 g/mol. The van der Waals surface area contributed by atoms with Gasteiger partial charge in [-0.3, -0.25) is 4.79 Å². The van der Waals surface area contributed by atoms with E-state index < -0.39 is 17.7 Å². The lowest BCUT2D eigenvalue weighted by atomic mass is 9.87. The number of amides is 1. The molecule has 0 radical (unpaired) electrons. The van der Waals surface area contributed by atoms with Crippen molar-refractivity contribution >= 4 is 5.91 Å². The summed E-state index contributed by atoms with van der Waals surface area (Å²) >= 11 is 0. The summed E-state index contributed by atoms with van der Waals surface area (Å²) in [6.45, 7) is 5.61. The van der Waals surface area contributed by atoms with Crippen molar-refractivity contribution in [2.75, 3.05) is 6.61 Å². The standard InChI is InChI=1S/C20H23F2N3O2/c1-20(2,3)16(9-26)23-19(27)17-13-7-10-6-12(10)18(13)25(24-17)15-5-4-11(21)8-14(15)22/h4-5,8,10,12,16,26H,6-7,9H2,1-3H3,(H,23,27)/t10-,12-,16+/m0/s1. The Morgan fingerprint density at radius 1 is 1.41 bits per heavy atom. The van der Waals surface area contributed by atoms with Crippen LogP contribution in [0.15, 0.2) is 18.2 Å². The van der Waals surface area contributed by atoms with Gasteiger partial charge in [0, 0.05) is 17.5 Å². The highest BCUT2D eigenvalue weighted by molar-refractivity contribution is 5.94. The van der Waals surface area contributed by atoms with Crippen molar-refractivity contribution in [3.63, 3.8) is 0 Å². The molecule has 144 valence electrons. The first kappa shape index (κ1) is 18.1. The molecule has 2 N–H and O–H groups in total. The van der Waals surface area contributed by atoms with E-state index in [2.05, 4.69) is 10.4 Å². The third kappa shape index (κ3) is 3.04. The van der Waals surface area contributed by atoms with Gasteiger partial charge < -0.3 is 10.4 Å². The van der Waals surface area contributed by atoms with E-state index in [1.54, 1.807) is 0 Å². The second-order valence-electron chi connectivity index (χ2n) is 8.60. The molecule has 2 aromatic rings. The summed E-state index contributed by atoms with van der Waals surface area (Å²) in [6, 6.07) is 2.93. The molecule has 2 aliphatic carbocycles. The van der Waals surface area contributed by atoms with Gasteiger partial charge in [0.2, 0.25) is 0 Å². The molecule has 1 heterocycles. The normalized spacial score (nSPS) is 21.6. The van der Waals surface area contributed by atoms with Crippen LogP contribution in [0.1, 0.15) is 54.9 Å². The van der Waals surface area contributed by atoms with Gasteiger partial charge in [-0.15, -0.1) is 0 Å². The SMILES string of the molecule is CC(C)(C)[C@@H](CO)NC(=O)c1nn(-c2ccc(F)cc2F)c2c1C[C@@H]1C[C@H]21. The van der Waals surface area contributed by atoms with E-state index in [-0.39, 0.29) is 35.2 Å². The van der Waals surface area contributed by atoms with Crippen LogP contribution in [-0.4, -0.2) is 33.4 Å². The van der Waals surface area contributed by atoms with Gasteiger partial charge in [-0.25, -0.2) is 13.5 Å². The Bertz CT molecular complexity index is 917. The Morgan fingerprint density at radius 2 is 2.15 bits per heavy atom. The molecule has 5 nitrogen and oxygen atoms in total. The molecule has 1 aromatic heterocycles. The van der Waals surface area contributed by atoms with Crippen molar-refractivity contribution in [1.82, 2.24) is 15.1 Å². The number of carbonyl (C=O) groups excluding carboxylic acids is 1. The van der Waals surface area contributed by atoms with Gasteiger partial charge in [-0.05, 0) is 36.3 Å². The first-order valence-electron chi connectivity index (χ1n) is 9.19. The molecule has 0 saturated heterocycles. The van der Waals surface area contributed by atoms with E-state index in [0.29, 0.717) is 5.92 Å². The predicted octanol–water partition coefficient (Wildman–Crippen LogP) is 2.95. The summed E-state index contributed by atoms with van der Waals surface area (Å²) in [7, 11) is 0. The van der Waals surface area contributed by atoms with Crippen LogP contribution in [-0.2, 0) is 6.42 Å². The van der Waals surface area contributed by atoms with E-state index >= 15 is 0 Å². The summed E-state index contributed by atoms with van der Waals surface area (Å²) in [4.78, 5) is 12.9. The molecule has 3 atom stereocenters. The molecule has 27 heavy (non-hydrogen) atoms. The quantitative estimate of drug-likeness (QED) is 0.863. The number of halogens is 2. The second-order valence-corrected chi connectivity index (χ2v) is 8.60. The zero-order valence-corrected chi connectivity index (χ0v) is 15.6. The van der Waals surface area contributed by atoms with Crippen molar-refractivity contribution in [2.45, 2.75) is 45.6 Å². The minimum atomic E-state index is -0.709. The van der Waals surface area contributed by atoms with Crippen LogP contribution in [0.4, 0.5) is 8.78 Å². The third-order valence-corrected chi connectivity index (χ3v) is 5.65. The smallest absolute Gasteiger partial charge is 0.272 e. The van der Waals surface area contributed by atoms with E-state index in [1.165, 1.54) is 16.8 Å². The minimum Gasteiger partial charge on any atom is -0.394 e. The van der Waals surface area contributed by atoms with E-state index in [0.717, 1.165) is 30.2 Å². The van der Waals surface area contributed by atoms with Crippen molar-refractivity contribution in [1.29, 1.82) is 0 Å². The molecule has 2 aliphatic rings. The molecule has 0 aliphatic heterocycles. The van der Waals surface area contributed by atoms with Crippen LogP contribution in [0.3, 0.4) is 0 Å². The summed E-state index contributed by atoms with van der Waals surface area (Å²) in [5, 5.41) is 16.9. The summed E-state index contributed by atoms with van der Waals surface area (Å²) < 4.78 is 29.1. The number of nitrogens with zero attached hydrogens (tertiary/aromatic N) is 2. The molecule has 0 spiro atoms. The number of aliphatic hydroxyl groups excluding tert-OH is 1. The molecule has 1 aromatic carbocycles. The van der Waals surface area contributed by atoms with Crippen LogP contribution < -0.4 is 5.32 Å². The fraction of sp³-hybridized carbons (Fsp3) is 0.500. The first-order chi connectivity index (χ1) is 12.7. The maximum absolute atomic E-state index is 14.3. The van der Waals surface area contributed by atoms with E-state index in [4.69, 9.17) is 0 Å². The van der Waals surface area contributed by atoms with E-state index in [9.17, 15) is 18.7 Å². The van der Waals surface area contributed by atoms with Gasteiger partial charge in [0.15, 0.2) is 11.5 Å². The largest absolute Gasteiger partial charge is 0.394 e. The van der Waals surface area contributed by atoms with Crippen LogP contribution in [0.25, 0.3) is 5.69 Å². The highest BCUT2D eigenvalue weighted by atomic mass is 19.1. The predicted molar refractivity (Wildman–Crippen MR) is 95.8 cm³/mol.